The van der Waals surface area contributed by atoms with Gasteiger partial charge in [-0.1, -0.05) is 48.0 Å². The number of hydrogen-bond acceptors (Lipinski definition) is 5. The van der Waals surface area contributed by atoms with Crippen LogP contribution >= 0.6 is 24.0 Å². The molecule has 4 rings (SSSR count). The number of fused-ring (bicyclic) bond motifs is 1. The molecule has 0 aliphatic heterocycles. The topological polar surface area (TPSA) is 78.5 Å². The Morgan fingerprint density at radius 3 is 2.59 bits per heavy atom. The summed E-state index contributed by atoms with van der Waals surface area (Å²) in [5.74, 6) is 1.36. The van der Waals surface area contributed by atoms with Gasteiger partial charge in [-0.3, -0.25) is 5.10 Å². The van der Waals surface area contributed by atoms with E-state index in [9.17, 15) is 0 Å². The van der Waals surface area contributed by atoms with Crippen molar-refractivity contribution in [1.82, 2.24) is 20.2 Å². The van der Waals surface area contributed by atoms with Gasteiger partial charge in [-0.25, -0.2) is 9.97 Å². The molecule has 2 aromatic heterocycles. The van der Waals surface area contributed by atoms with E-state index in [4.69, 9.17) is 11.6 Å². The van der Waals surface area contributed by atoms with Crippen molar-refractivity contribution in [1.29, 1.82) is 0 Å². The minimum absolute atomic E-state index is 0. The van der Waals surface area contributed by atoms with E-state index in [2.05, 4.69) is 49.9 Å². The Bertz CT molecular complexity index is 1030. The van der Waals surface area contributed by atoms with Gasteiger partial charge in [0.25, 0.3) is 0 Å². The van der Waals surface area contributed by atoms with E-state index in [1.54, 1.807) is 0 Å². The van der Waals surface area contributed by atoms with Crippen molar-refractivity contribution in [2.45, 2.75) is 13.0 Å². The Morgan fingerprint density at radius 2 is 1.81 bits per heavy atom. The summed E-state index contributed by atoms with van der Waals surface area (Å²) in [5.41, 5.74) is 2.68. The molecular weight excluding hydrogens is 383 g/mol. The van der Waals surface area contributed by atoms with Crippen LogP contribution < -0.4 is 10.6 Å². The van der Waals surface area contributed by atoms with Gasteiger partial charge in [-0.15, -0.1) is 12.4 Å². The lowest BCUT2D eigenvalue weighted by Crippen LogP contribution is -2.08. The zero-order chi connectivity index (χ0) is 17.9. The van der Waals surface area contributed by atoms with Crippen molar-refractivity contribution < 1.29 is 0 Å². The van der Waals surface area contributed by atoms with E-state index in [-0.39, 0.29) is 18.4 Å². The van der Waals surface area contributed by atoms with Gasteiger partial charge in [0.1, 0.15) is 17.5 Å². The van der Waals surface area contributed by atoms with E-state index in [0.29, 0.717) is 22.3 Å². The summed E-state index contributed by atoms with van der Waals surface area (Å²) in [6.45, 7) is 2.09. The molecule has 0 unspecified atom stereocenters. The second-order valence-electron chi connectivity index (χ2n) is 5.93. The number of nitrogens with one attached hydrogen (secondary N) is 3. The highest BCUT2D eigenvalue weighted by atomic mass is 35.5. The molecule has 0 saturated heterocycles. The van der Waals surface area contributed by atoms with Crippen molar-refractivity contribution in [3.05, 3.63) is 71.5 Å². The number of nitrogens with zero attached hydrogens (tertiary/aromatic N) is 3. The summed E-state index contributed by atoms with van der Waals surface area (Å²) < 4.78 is 0. The summed E-state index contributed by atoms with van der Waals surface area (Å²) in [6, 6.07) is 17.8. The van der Waals surface area contributed by atoms with Gasteiger partial charge in [0.05, 0.1) is 0 Å². The second-order valence-corrected chi connectivity index (χ2v) is 6.37. The van der Waals surface area contributed by atoms with Crippen LogP contribution in [0.4, 0.5) is 17.3 Å². The van der Waals surface area contributed by atoms with Gasteiger partial charge in [-0.2, -0.15) is 5.10 Å². The molecule has 0 spiro atoms. The average Bonchev–Trinajstić information content (AvgIpc) is 3.06. The van der Waals surface area contributed by atoms with Crippen LogP contribution in [-0.4, -0.2) is 20.2 Å². The standard InChI is InChI=1S/C19H17ClN6.ClH/c1-12(13-6-3-2-4-7-13)23-17-16-18(22-11-21-17)25-26-19(16)24-15-9-5-8-14(20)10-15;/h2-12H,1H3,(H3,21,22,23,24,25,26);1H/t12-;/m1./s1. The molecule has 8 heteroatoms. The molecule has 1 atom stereocenters. The first-order chi connectivity index (χ1) is 12.7. The van der Waals surface area contributed by atoms with Crippen LogP contribution in [0.3, 0.4) is 0 Å². The molecule has 138 valence electrons. The Labute approximate surface area is 167 Å². The number of H-pyrrole nitrogens is 1. The molecule has 0 amide bonds. The van der Waals surface area contributed by atoms with Crippen LogP contribution in [0.15, 0.2) is 60.9 Å². The van der Waals surface area contributed by atoms with E-state index in [0.717, 1.165) is 11.1 Å². The molecule has 0 fully saturated rings. The molecule has 27 heavy (non-hydrogen) atoms. The number of aromatic nitrogens is 4. The summed E-state index contributed by atoms with van der Waals surface area (Å²) in [7, 11) is 0. The molecule has 0 bridgehead atoms. The Hall–Kier alpha value is -2.83. The van der Waals surface area contributed by atoms with Crippen LogP contribution in [-0.2, 0) is 0 Å². The maximum Gasteiger partial charge on any atom is 0.165 e. The number of hydrogen-bond donors (Lipinski definition) is 3. The molecule has 0 radical (unpaired) electrons. The fraction of sp³-hybridized carbons (Fsp3) is 0.105. The predicted octanol–water partition coefficient (Wildman–Crippen LogP) is 5.34. The summed E-state index contributed by atoms with van der Waals surface area (Å²) >= 11 is 6.07. The predicted molar refractivity (Wildman–Crippen MR) is 112 cm³/mol. The Morgan fingerprint density at radius 1 is 1.00 bits per heavy atom. The van der Waals surface area contributed by atoms with Gasteiger partial charge in [0.2, 0.25) is 0 Å². The number of rotatable bonds is 5. The molecular formula is C19H18Cl2N6. The normalized spacial score (nSPS) is 11.6. The summed E-state index contributed by atoms with van der Waals surface area (Å²) in [4.78, 5) is 8.68. The number of aromatic amines is 1. The lowest BCUT2D eigenvalue weighted by Gasteiger charge is -2.15. The van der Waals surface area contributed by atoms with Crippen LogP contribution in [0.2, 0.25) is 5.02 Å². The minimum atomic E-state index is 0. The third-order valence-electron chi connectivity index (χ3n) is 4.10. The summed E-state index contributed by atoms with van der Waals surface area (Å²) in [6.07, 6.45) is 1.52. The van der Waals surface area contributed by atoms with Gasteiger partial charge in [-0.05, 0) is 30.7 Å². The zero-order valence-corrected chi connectivity index (χ0v) is 16.1. The van der Waals surface area contributed by atoms with E-state index in [1.807, 2.05) is 42.5 Å². The largest absolute Gasteiger partial charge is 0.363 e. The monoisotopic (exact) mass is 400 g/mol. The average molecular weight is 401 g/mol. The molecule has 0 aliphatic carbocycles. The van der Waals surface area contributed by atoms with E-state index in [1.165, 1.54) is 11.9 Å². The van der Waals surface area contributed by atoms with Crippen molar-refractivity contribution in [2.75, 3.05) is 10.6 Å². The highest BCUT2D eigenvalue weighted by molar-refractivity contribution is 6.30. The van der Waals surface area contributed by atoms with Crippen molar-refractivity contribution >= 4 is 52.4 Å². The second kappa shape index (κ2) is 8.24. The molecule has 0 saturated carbocycles. The SMILES string of the molecule is C[C@@H](Nc1ncnc2[nH]nc(Nc3cccc(Cl)c3)c12)c1ccccc1.Cl. The van der Waals surface area contributed by atoms with Crippen LogP contribution in [0, 0.1) is 0 Å². The summed E-state index contributed by atoms with van der Waals surface area (Å²) in [5, 5.41) is 15.5. The van der Waals surface area contributed by atoms with Gasteiger partial charge in [0.15, 0.2) is 11.5 Å². The Kier molecular flexibility index (Phi) is 5.78. The zero-order valence-electron chi connectivity index (χ0n) is 14.5. The maximum atomic E-state index is 6.07. The fourth-order valence-corrected chi connectivity index (χ4v) is 2.98. The first-order valence-corrected chi connectivity index (χ1v) is 8.61. The molecule has 3 N–H and O–H groups in total. The van der Waals surface area contributed by atoms with Crippen molar-refractivity contribution in [2.24, 2.45) is 0 Å². The van der Waals surface area contributed by atoms with Crippen molar-refractivity contribution in [3.63, 3.8) is 0 Å². The number of benzene rings is 2. The lowest BCUT2D eigenvalue weighted by molar-refractivity contribution is 0.876. The maximum absolute atomic E-state index is 6.07. The molecule has 2 aromatic carbocycles. The van der Waals surface area contributed by atoms with Gasteiger partial charge >= 0.3 is 0 Å². The lowest BCUT2D eigenvalue weighted by atomic mass is 10.1. The minimum Gasteiger partial charge on any atom is -0.363 e. The van der Waals surface area contributed by atoms with Crippen LogP contribution in [0.5, 0.6) is 0 Å². The highest BCUT2D eigenvalue weighted by Crippen LogP contribution is 2.30. The van der Waals surface area contributed by atoms with Gasteiger partial charge < -0.3 is 10.6 Å². The molecule has 6 nitrogen and oxygen atoms in total. The first-order valence-electron chi connectivity index (χ1n) is 8.24. The third kappa shape index (κ3) is 4.13. The van der Waals surface area contributed by atoms with Crippen molar-refractivity contribution in [3.8, 4) is 0 Å². The molecule has 0 aliphatic rings. The molecule has 4 aromatic rings. The fourth-order valence-electron chi connectivity index (χ4n) is 2.79. The number of anilines is 3. The molecule has 2 heterocycles. The van der Waals surface area contributed by atoms with E-state index < -0.39 is 0 Å². The first kappa shape index (κ1) is 18.9. The van der Waals surface area contributed by atoms with Gasteiger partial charge in [0, 0.05) is 16.8 Å². The van der Waals surface area contributed by atoms with Crippen LogP contribution in [0.1, 0.15) is 18.5 Å². The quantitative estimate of drug-likeness (QED) is 0.421. The third-order valence-corrected chi connectivity index (χ3v) is 4.33. The van der Waals surface area contributed by atoms with E-state index >= 15 is 0 Å². The highest BCUT2D eigenvalue weighted by Gasteiger charge is 2.15. The Balaban J connectivity index is 0.00000210. The van der Waals surface area contributed by atoms with Crippen LogP contribution in [0.25, 0.3) is 11.0 Å². The smallest absolute Gasteiger partial charge is 0.165 e. The number of halogens is 2.